The van der Waals surface area contributed by atoms with Crippen LogP contribution in [0.4, 0.5) is 0 Å². The molecule has 0 spiro atoms. The predicted molar refractivity (Wildman–Crippen MR) is 96.0 cm³/mol. The monoisotopic (exact) mass is 345 g/mol. The van der Waals surface area contributed by atoms with Crippen LogP contribution in [0.1, 0.15) is 17.5 Å². The fourth-order valence-electron chi connectivity index (χ4n) is 2.71. The number of aromatic nitrogens is 1. The summed E-state index contributed by atoms with van der Waals surface area (Å²) < 4.78 is 5.91. The number of hydrogen-bond acceptors (Lipinski definition) is 5. The Morgan fingerprint density at radius 1 is 1.38 bits per heavy atom. The Labute approximate surface area is 146 Å². The molecule has 2 heterocycles. The molecule has 1 unspecified atom stereocenters. The Hall–Kier alpha value is -1.76. The molecule has 1 aliphatic rings. The number of carbonyl (C=O) groups is 1. The van der Waals surface area contributed by atoms with E-state index in [1.54, 1.807) is 30.3 Å². The maximum atomic E-state index is 11.8. The number of nitrogens with zero attached hydrogens (tertiary/aromatic N) is 3. The van der Waals surface area contributed by atoms with Gasteiger partial charge in [-0.15, -0.1) is 11.3 Å². The molecule has 2 aromatic rings. The number of rotatable bonds is 5. The molecular weight excluding hydrogens is 322 g/mol. The molecule has 5 nitrogen and oxygen atoms in total. The minimum atomic E-state index is -0.00401. The molecule has 0 saturated carbocycles. The van der Waals surface area contributed by atoms with Gasteiger partial charge in [0.05, 0.1) is 12.3 Å². The zero-order valence-electron chi connectivity index (χ0n) is 14.1. The fourth-order valence-corrected chi connectivity index (χ4v) is 3.58. The Morgan fingerprint density at radius 3 is 2.92 bits per heavy atom. The van der Waals surface area contributed by atoms with Gasteiger partial charge in [0, 0.05) is 51.1 Å². The van der Waals surface area contributed by atoms with Crippen molar-refractivity contribution in [2.45, 2.75) is 12.5 Å². The van der Waals surface area contributed by atoms with E-state index in [1.165, 1.54) is 0 Å². The Balaban J connectivity index is 1.61. The van der Waals surface area contributed by atoms with Crippen molar-refractivity contribution in [3.8, 4) is 11.3 Å². The standard InChI is InChI=1S/C18H23N3O2S/c1-20(2)17(22)8-9-21-10-11-23-16(12-21)18-19-15(13-24-18)14-6-4-3-5-7-14/h3-7,13,16H,8-12H2,1-2H3. The number of ether oxygens (including phenoxy) is 1. The number of benzene rings is 1. The first-order valence-electron chi connectivity index (χ1n) is 8.18. The highest BCUT2D eigenvalue weighted by atomic mass is 32.1. The van der Waals surface area contributed by atoms with E-state index in [0.717, 1.165) is 35.9 Å². The first kappa shape index (κ1) is 17.1. The summed E-state index contributed by atoms with van der Waals surface area (Å²) in [5.41, 5.74) is 2.13. The van der Waals surface area contributed by atoms with Gasteiger partial charge in [-0.2, -0.15) is 0 Å². The van der Waals surface area contributed by atoms with Crippen LogP contribution in [0, 0.1) is 0 Å². The van der Waals surface area contributed by atoms with E-state index in [9.17, 15) is 4.79 Å². The Morgan fingerprint density at radius 2 is 2.17 bits per heavy atom. The van der Waals surface area contributed by atoms with Crippen LogP contribution in [0.2, 0.25) is 0 Å². The van der Waals surface area contributed by atoms with E-state index in [2.05, 4.69) is 22.4 Å². The summed E-state index contributed by atoms with van der Waals surface area (Å²) in [6, 6.07) is 10.2. The van der Waals surface area contributed by atoms with Crippen molar-refractivity contribution in [3.63, 3.8) is 0 Å². The molecule has 0 N–H and O–H groups in total. The third-order valence-electron chi connectivity index (χ3n) is 4.16. The van der Waals surface area contributed by atoms with Crippen LogP contribution in [-0.2, 0) is 9.53 Å². The van der Waals surface area contributed by atoms with Gasteiger partial charge >= 0.3 is 0 Å². The molecule has 1 atom stereocenters. The van der Waals surface area contributed by atoms with Crippen LogP contribution >= 0.6 is 11.3 Å². The van der Waals surface area contributed by atoms with Crippen molar-refractivity contribution in [2.24, 2.45) is 0 Å². The van der Waals surface area contributed by atoms with Crippen molar-refractivity contribution < 1.29 is 9.53 Å². The first-order valence-corrected chi connectivity index (χ1v) is 9.06. The summed E-state index contributed by atoms with van der Waals surface area (Å²) in [7, 11) is 3.59. The van der Waals surface area contributed by atoms with Gasteiger partial charge in [0.15, 0.2) is 0 Å². The number of thiazole rings is 1. The van der Waals surface area contributed by atoms with Gasteiger partial charge in [-0.25, -0.2) is 4.98 Å². The first-order chi connectivity index (χ1) is 11.6. The van der Waals surface area contributed by atoms with Crippen LogP contribution in [0.5, 0.6) is 0 Å². The highest BCUT2D eigenvalue weighted by Gasteiger charge is 2.25. The van der Waals surface area contributed by atoms with E-state index in [0.29, 0.717) is 13.0 Å². The van der Waals surface area contributed by atoms with E-state index < -0.39 is 0 Å². The molecule has 6 heteroatoms. The van der Waals surface area contributed by atoms with E-state index in [-0.39, 0.29) is 12.0 Å². The summed E-state index contributed by atoms with van der Waals surface area (Å²) in [5, 5.41) is 3.10. The summed E-state index contributed by atoms with van der Waals surface area (Å²) in [6.07, 6.45) is 0.544. The lowest BCUT2D eigenvalue weighted by Crippen LogP contribution is -2.40. The third-order valence-corrected chi connectivity index (χ3v) is 5.09. The number of carbonyl (C=O) groups excluding carboxylic acids is 1. The van der Waals surface area contributed by atoms with Crippen molar-refractivity contribution >= 4 is 17.2 Å². The molecule has 1 aliphatic heterocycles. The number of morpholine rings is 1. The topological polar surface area (TPSA) is 45.7 Å². The summed E-state index contributed by atoms with van der Waals surface area (Å²) >= 11 is 1.64. The molecule has 24 heavy (non-hydrogen) atoms. The van der Waals surface area contributed by atoms with Gasteiger partial charge in [-0.3, -0.25) is 9.69 Å². The van der Waals surface area contributed by atoms with Crippen molar-refractivity contribution in [2.75, 3.05) is 40.3 Å². The summed E-state index contributed by atoms with van der Waals surface area (Å²) in [5.74, 6) is 0.165. The summed E-state index contributed by atoms with van der Waals surface area (Å²) in [6.45, 7) is 3.12. The van der Waals surface area contributed by atoms with Gasteiger partial charge in [0.25, 0.3) is 0 Å². The van der Waals surface area contributed by atoms with Gasteiger partial charge in [0.1, 0.15) is 11.1 Å². The molecule has 1 amide bonds. The molecule has 1 aromatic carbocycles. The SMILES string of the molecule is CN(C)C(=O)CCN1CCOC(c2nc(-c3ccccc3)cs2)C1. The van der Waals surface area contributed by atoms with Crippen molar-refractivity contribution in [1.29, 1.82) is 0 Å². The Bertz CT molecular complexity index is 672. The quantitative estimate of drug-likeness (QED) is 0.836. The number of amides is 1. The van der Waals surface area contributed by atoms with Gasteiger partial charge < -0.3 is 9.64 Å². The fraction of sp³-hybridized carbons (Fsp3) is 0.444. The third kappa shape index (κ3) is 4.20. The second kappa shape index (κ2) is 7.88. The molecule has 1 aromatic heterocycles. The molecule has 0 bridgehead atoms. The van der Waals surface area contributed by atoms with E-state index in [1.807, 2.05) is 18.2 Å². The minimum Gasteiger partial charge on any atom is -0.368 e. The average Bonchev–Trinajstić information content (AvgIpc) is 3.11. The smallest absolute Gasteiger partial charge is 0.223 e. The summed E-state index contributed by atoms with van der Waals surface area (Å²) in [4.78, 5) is 20.4. The van der Waals surface area contributed by atoms with Gasteiger partial charge in [-0.1, -0.05) is 30.3 Å². The largest absolute Gasteiger partial charge is 0.368 e. The van der Waals surface area contributed by atoms with Crippen molar-refractivity contribution in [3.05, 3.63) is 40.7 Å². The van der Waals surface area contributed by atoms with Crippen molar-refractivity contribution in [1.82, 2.24) is 14.8 Å². The van der Waals surface area contributed by atoms with Crippen LogP contribution in [0.25, 0.3) is 11.3 Å². The minimum absolute atomic E-state index is 0.00401. The zero-order chi connectivity index (χ0) is 16.9. The van der Waals surface area contributed by atoms with E-state index >= 15 is 0 Å². The lowest BCUT2D eigenvalue weighted by Gasteiger charge is -2.32. The Kier molecular flexibility index (Phi) is 5.60. The lowest BCUT2D eigenvalue weighted by atomic mass is 10.2. The molecular formula is C18H23N3O2S. The molecule has 3 rings (SSSR count). The molecule has 1 fully saturated rings. The molecule has 0 radical (unpaired) electrons. The maximum absolute atomic E-state index is 11.8. The van der Waals surface area contributed by atoms with Gasteiger partial charge in [0.2, 0.25) is 5.91 Å². The zero-order valence-corrected chi connectivity index (χ0v) is 15.0. The highest BCUT2D eigenvalue weighted by Crippen LogP contribution is 2.29. The normalized spacial score (nSPS) is 18.5. The van der Waals surface area contributed by atoms with Crippen LogP contribution in [0.15, 0.2) is 35.7 Å². The maximum Gasteiger partial charge on any atom is 0.223 e. The number of hydrogen-bond donors (Lipinski definition) is 0. The van der Waals surface area contributed by atoms with Gasteiger partial charge in [-0.05, 0) is 0 Å². The molecule has 1 saturated heterocycles. The predicted octanol–water partition coefficient (Wildman–Crippen LogP) is 2.66. The molecule has 128 valence electrons. The van der Waals surface area contributed by atoms with Crippen LogP contribution in [-0.4, -0.2) is 61.0 Å². The lowest BCUT2D eigenvalue weighted by molar-refractivity contribution is -0.129. The second-order valence-electron chi connectivity index (χ2n) is 6.14. The highest BCUT2D eigenvalue weighted by molar-refractivity contribution is 7.10. The second-order valence-corrected chi connectivity index (χ2v) is 7.02. The van der Waals surface area contributed by atoms with E-state index in [4.69, 9.17) is 9.72 Å². The van der Waals surface area contributed by atoms with Crippen LogP contribution < -0.4 is 0 Å². The van der Waals surface area contributed by atoms with Crippen LogP contribution in [0.3, 0.4) is 0 Å². The molecule has 0 aliphatic carbocycles. The average molecular weight is 345 g/mol.